The summed E-state index contributed by atoms with van der Waals surface area (Å²) in [4.78, 5) is 19.0. The van der Waals surface area contributed by atoms with E-state index in [1.54, 1.807) is 11.3 Å². The van der Waals surface area contributed by atoms with Crippen molar-refractivity contribution in [2.45, 2.75) is 19.4 Å². The third kappa shape index (κ3) is 3.74. The fourth-order valence-corrected chi connectivity index (χ4v) is 3.89. The average Bonchev–Trinajstić information content (AvgIpc) is 2.97. The summed E-state index contributed by atoms with van der Waals surface area (Å²) in [7, 11) is 0. The summed E-state index contributed by atoms with van der Waals surface area (Å²) in [5.74, 6) is -0.828. The van der Waals surface area contributed by atoms with Gasteiger partial charge >= 0.3 is 5.97 Å². The van der Waals surface area contributed by atoms with E-state index >= 15 is 0 Å². The summed E-state index contributed by atoms with van der Waals surface area (Å²) in [5, 5.41) is 10.1. The Labute approximate surface area is 141 Å². The van der Waals surface area contributed by atoms with Crippen LogP contribution in [-0.2, 0) is 11.3 Å². The molecule has 116 valence electrons. The molecule has 1 saturated heterocycles. The second-order valence-electron chi connectivity index (χ2n) is 5.53. The normalized spacial score (nSPS) is 16.8. The van der Waals surface area contributed by atoms with Crippen molar-refractivity contribution in [3.63, 3.8) is 0 Å². The van der Waals surface area contributed by atoms with Crippen LogP contribution in [-0.4, -0.2) is 34.0 Å². The number of thiazole rings is 1. The number of aromatic nitrogens is 1. The number of likely N-dealkylation sites (tertiary alicyclic amines) is 1. The molecule has 4 nitrogen and oxygen atoms in total. The Balaban J connectivity index is 1.60. The van der Waals surface area contributed by atoms with Gasteiger partial charge in [0.2, 0.25) is 0 Å². The molecule has 1 aliphatic heterocycles. The molecule has 0 saturated carbocycles. The minimum atomic E-state index is -0.657. The first-order valence-corrected chi connectivity index (χ1v) is 8.88. The lowest BCUT2D eigenvalue weighted by atomic mass is 9.97. The molecule has 1 fully saturated rings. The number of benzene rings is 1. The lowest BCUT2D eigenvalue weighted by molar-refractivity contribution is -0.143. The van der Waals surface area contributed by atoms with Crippen molar-refractivity contribution in [1.82, 2.24) is 9.88 Å². The van der Waals surface area contributed by atoms with Crippen LogP contribution in [0.15, 0.2) is 34.9 Å². The highest BCUT2D eigenvalue weighted by atomic mass is 79.9. The summed E-state index contributed by atoms with van der Waals surface area (Å²) in [5.41, 5.74) is 1.13. The van der Waals surface area contributed by atoms with E-state index in [1.807, 2.05) is 18.3 Å². The van der Waals surface area contributed by atoms with Crippen LogP contribution in [0.2, 0.25) is 0 Å². The fourth-order valence-electron chi connectivity index (χ4n) is 2.66. The van der Waals surface area contributed by atoms with Crippen molar-refractivity contribution in [3.8, 4) is 10.6 Å². The molecule has 3 rings (SSSR count). The quantitative estimate of drug-likeness (QED) is 0.874. The van der Waals surface area contributed by atoms with E-state index in [4.69, 9.17) is 5.11 Å². The predicted octanol–water partition coefficient (Wildman–Crippen LogP) is 3.87. The Bertz CT molecular complexity index is 648. The largest absolute Gasteiger partial charge is 0.481 e. The van der Waals surface area contributed by atoms with Gasteiger partial charge in [0.05, 0.1) is 5.92 Å². The standard InChI is InChI=1S/C16H17BrN2O2S/c17-13-3-1-11(2-4-13)15-18-9-14(22-15)10-19-7-5-12(6-8-19)16(20)21/h1-4,9,12H,5-8,10H2,(H,20,21). The monoisotopic (exact) mass is 380 g/mol. The van der Waals surface area contributed by atoms with Gasteiger partial charge in [-0.1, -0.05) is 28.1 Å². The molecule has 0 spiro atoms. The van der Waals surface area contributed by atoms with Crippen LogP contribution < -0.4 is 0 Å². The molecule has 22 heavy (non-hydrogen) atoms. The van der Waals surface area contributed by atoms with Gasteiger partial charge in [0.1, 0.15) is 5.01 Å². The SMILES string of the molecule is O=C(O)C1CCN(Cc2cnc(-c3ccc(Br)cc3)s2)CC1. The lowest BCUT2D eigenvalue weighted by Gasteiger charge is -2.29. The molecule has 0 amide bonds. The Morgan fingerprint density at radius 3 is 2.64 bits per heavy atom. The number of carbonyl (C=O) groups is 1. The third-order valence-electron chi connectivity index (χ3n) is 3.96. The molecule has 0 aliphatic carbocycles. The third-order valence-corrected chi connectivity index (χ3v) is 5.52. The first-order valence-electron chi connectivity index (χ1n) is 7.27. The van der Waals surface area contributed by atoms with Crippen LogP contribution in [0.25, 0.3) is 10.6 Å². The van der Waals surface area contributed by atoms with Gasteiger partial charge in [-0.05, 0) is 38.1 Å². The van der Waals surface area contributed by atoms with E-state index in [0.717, 1.165) is 47.5 Å². The maximum atomic E-state index is 11.0. The van der Waals surface area contributed by atoms with Gasteiger partial charge in [0.15, 0.2) is 0 Å². The summed E-state index contributed by atoms with van der Waals surface area (Å²) in [6, 6.07) is 8.16. The highest BCUT2D eigenvalue weighted by molar-refractivity contribution is 9.10. The predicted molar refractivity (Wildman–Crippen MR) is 90.9 cm³/mol. The highest BCUT2D eigenvalue weighted by Gasteiger charge is 2.24. The van der Waals surface area contributed by atoms with Crippen LogP contribution in [0, 0.1) is 5.92 Å². The number of hydrogen-bond acceptors (Lipinski definition) is 4. The Hall–Kier alpha value is -1.24. The molecule has 0 radical (unpaired) electrons. The molecule has 6 heteroatoms. The van der Waals surface area contributed by atoms with E-state index in [0.29, 0.717) is 0 Å². The summed E-state index contributed by atoms with van der Waals surface area (Å²) in [6.45, 7) is 2.56. The van der Waals surface area contributed by atoms with Gasteiger partial charge in [-0.3, -0.25) is 9.69 Å². The zero-order chi connectivity index (χ0) is 15.5. The van der Waals surface area contributed by atoms with Gasteiger partial charge in [-0.15, -0.1) is 11.3 Å². The second kappa shape index (κ2) is 6.89. The molecule has 1 aliphatic rings. The molecule has 1 N–H and O–H groups in total. The first kappa shape index (κ1) is 15.6. The maximum absolute atomic E-state index is 11.0. The van der Waals surface area contributed by atoms with Crippen molar-refractivity contribution in [2.75, 3.05) is 13.1 Å². The van der Waals surface area contributed by atoms with E-state index < -0.39 is 5.97 Å². The molecular weight excluding hydrogens is 364 g/mol. The summed E-state index contributed by atoms with van der Waals surface area (Å²) < 4.78 is 1.06. The molecule has 2 aromatic rings. The molecule has 2 heterocycles. The molecule has 0 unspecified atom stereocenters. The number of hydrogen-bond donors (Lipinski definition) is 1. The van der Waals surface area contributed by atoms with Gasteiger partial charge in [-0.25, -0.2) is 4.98 Å². The molecule has 1 aromatic carbocycles. The molecule has 0 atom stereocenters. The number of aliphatic carboxylic acids is 1. The van der Waals surface area contributed by atoms with Crippen LogP contribution in [0.3, 0.4) is 0 Å². The van der Waals surface area contributed by atoms with E-state index in [-0.39, 0.29) is 5.92 Å². The Morgan fingerprint density at radius 1 is 1.32 bits per heavy atom. The molecule has 1 aromatic heterocycles. The summed E-state index contributed by atoms with van der Waals surface area (Å²) in [6.07, 6.45) is 3.42. The van der Waals surface area contributed by atoms with Crippen LogP contribution in [0.5, 0.6) is 0 Å². The summed E-state index contributed by atoms with van der Waals surface area (Å²) >= 11 is 5.15. The highest BCUT2D eigenvalue weighted by Crippen LogP contribution is 2.28. The lowest BCUT2D eigenvalue weighted by Crippen LogP contribution is -2.35. The van der Waals surface area contributed by atoms with Gasteiger partial charge < -0.3 is 5.11 Å². The topological polar surface area (TPSA) is 53.4 Å². The number of piperidine rings is 1. The van der Waals surface area contributed by atoms with Crippen LogP contribution in [0.4, 0.5) is 0 Å². The number of carboxylic acids is 1. The molecular formula is C16H17BrN2O2S. The number of carboxylic acid groups (broad SMARTS) is 1. The van der Waals surface area contributed by atoms with Crippen molar-refractivity contribution in [1.29, 1.82) is 0 Å². The van der Waals surface area contributed by atoms with Crippen molar-refractivity contribution in [3.05, 3.63) is 39.8 Å². The van der Waals surface area contributed by atoms with Crippen LogP contribution in [0.1, 0.15) is 17.7 Å². The van der Waals surface area contributed by atoms with E-state index in [2.05, 4.69) is 37.9 Å². The number of nitrogens with zero attached hydrogens (tertiary/aromatic N) is 2. The Kier molecular flexibility index (Phi) is 4.90. The average molecular weight is 381 g/mol. The van der Waals surface area contributed by atoms with Crippen molar-refractivity contribution in [2.24, 2.45) is 5.92 Å². The Morgan fingerprint density at radius 2 is 2.00 bits per heavy atom. The zero-order valence-electron chi connectivity index (χ0n) is 12.0. The van der Waals surface area contributed by atoms with Gasteiger partial charge in [0, 0.05) is 27.7 Å². The minimum Gasteiger partial charge on any atom is -0.481 e. The van der Waals surface area contributed by atoms with Gasteiger partial charge in [0.25, 0.3) is 0 Å². The second-order valence-corrected chi connectivity index (χ2v) is 7.56. The van der Waals surface area contributed by atoms with E-state index in [1.165, 1.54) is 4.88 Å². The fraction of sp³-hybridized carbons (Fsp3) is 0.375. The smallest absolute Gasteiger partial charge is 0.306 e. The van der Waals surface area contributed by atoms with Gasteiger partial charge in [-0.2, -0.15) is 0 Å². The zero-order valence-corrected chi connectivity index (χ0v) is 14.4. The molecule has 0 bridgehead atoms. The van der Waals surface area contributed by atoms with Crippen molar-refractivity contribution < 1.29 is 9.90 Å². The number of rotatable bonds is 4. The van der Waals surface area contributed by atoms with E-state index in [9.17, 15) is 4.79 Å². The van der Waals surface area contributed by atoms with Crippen molar-refractivity contribution >= 4 is 33.2 Å². The number of halogens is 1. The van der Waals surface area contributed by atoms with Crippen LogP contribution >= 0.6 is 27.3 Å². The maximum Gasteiger partial charge on any atom is 0.306 e. The minimum absolute atomic E-state index is 0.170. The first-order chi connectivity index (χ1) is 10.6.